The molecule has 0 bridgehead atoms. The Morgan fingerprint density at radius 2 is 1.60 bits per heavy atom. The number of benzene rings is 2. The molecule has 1 heterocycles. The van der Waals surface area contributed by atoms with E-state index in [9.17, 15) is 14.4 Å². The lowest BCUT2D eigenvalue weighted by Gasteiger charge is -2.25. The predicted molar refractivity (Wildman–Crippen MR) is 110 cm³/mol. The third kappa shape index (κ3) is 4.65. The zero-order chi connectivity index (χ0) is 21.5. The Balaban J connectivity index is 2.11. The third-order valence-electron chi connectivity index (χ3n) is 4.30. The topological polar surface area (TPSA) is 90.7 Å². The zero-order valence-corrected chi connectivity index (χ0v) is 16.9. The van der Waals surface area contributed by atoms with Crippen molar-refractivity contribution in [3.05, 3.63) is 66.0 Å². The first-order valence-corrected chi connectivity index (χ1v) is 9.70. The Kier molecular flexibility index (Phi) is 6.79. The number of nitrogens with zero attached hydrogens (tertiary/aromatic N) is 3. The molecule has 1 aromatic heterocycles. The first-order chi connectivity index (χ1) is 14.5. The number of hydrogen-bond acceptors (Lipinski definition) is 6. The van der Waals surface area contributed by atoms with Crippen molar-refractivity contribution in [2.75, 3.05) is 18.2 Å². The number of esters is 2. The number of fused-ring (bicyclic) bond motifs is 1. The Morgan fingerprint density at radius 3 is 2.30 bits per heavy atom. The first-order valence-electron chi connectivity index (χ1n) is 9.70. The van der Waals surface area contributed by atoms with Crippen LogP contribution in [-0.2, 0) is 25.6 Å². The number of aromatic nitrogens is 2. The van der Waals surface area contributed by atoms with Gasteiger partial charge in [-0.2, -0.15) is 0 Å². The highest BCUT2D eigenvalue weighted by Crippen LogP contribution is 2.20. The van der Waals surface area contributed by atoms with Gasteiger partial charge < -0.3 is 9.47 Å². The van der Waals surface area contributed by atoms with Crippen LogP contribution in [0.15, 0.2) is 54.6 Å². The van der Waals surface area contributed by atoms with Crippen molar-refractivity contribution in [1.29, 1.82) is 0 Å². The van der Waals surface area contributed by atoms with Crippen LogP contribution >= 0.6 is 0 Å². The van der Waals surface area contributed by atoms with E-state index in [1.165, 1.54) is 9.69 Å². The van der Waals surface area contributed by atoms with E-state index in [-0.39, 0.29) is 25.6 Å². The molecule has 0 unspecified atom stereocenters. The summed E-state index contributed by atoms with van der Waals surface area (Å²) in [5, 5.41) is 1.33. The highest BCUT2D eigenvalue weighted by atomic mass is 16.5. The first kappa shape index (κ1) is 21.0. The van der Waals surface area contributed by atoms with Crippen LogP contribution in [0.3, 0.4) is 0 Å². The van der Waals surface area contributed by atoms with Crippen LogP contribution in [-0.4, -0.2) is 40.7 Å². The van der Waals surface area contributed by atoms with E-state index in [2.05, 4.69) is 4.98 Å². The molecule has 0 saturated carbocycles. The lowest BCUT2D eigenvalue weighted by atomic mass is 10.2. The summed E-state index contributed by atoms with van der Waals surface area (Å²) in [6, 6.07) is 16.3. The fraction of sp³-hybridized carbons (Fsp3) is 0.273. The standard InChI is InChI=1S/C22H23N3O5/c1-3-29-20(27)14-19(26)24(15-16-10-6-5-7-11-16)25-18-13-9-8-12-17(18)23-21(25)22(28)30-4-2/h5-13H,3-4,14-15H2,1-2H3. The molecule has 3 rings (SSSR count). The van der Waals surface area contributed by atoms with E-state index in [1.807, 2.05) is 30.3 Å². The molecule has 0 spiro atoms. The summed E-state index contributed by atoms with van der Waals surface area (Å²) in [6.45, 7) is 3.83. The van der Waals surface area contributed by atoms with Gasteiger partial charge in [-0.15, -0.1) is 0 Å². The highest BCUT2D eigenvalue weighted by molar-refractivity contribution is 6.01. The smallest absolute Gasteiger partial charge is 0.376 e. The number of carbonyl (C=O) groups is 3. The quantitative estimate of drug-likeness (QED) is 0.420. The van der Waals surface area contributed by atoms with Gasteiger partial charge in [-0.05, 0) is 31.5 Å². The fourth-order valence-corrected chi connectivity index (χ4v) is 3.04. The third-order valence-corrected chi connectivity index (χ3v) is 4.30. The van der Waals surface area contributed by atoms with Gasteiger partial charge in [0.15, 0.2) is 0 Å². The van der Waals surface area contributed by atoms with E-state index >= 15 is 0 Å². The SMILES string of the molecule is CCOC(=O)CC(=O)N(Cc1ccccc1)n1c(C(=O)OCC)nc2ccccc21. The van der Waals surface area contributed by atoms with Crippen LogP contribution in [0, 0.1) is 0 Å². The molecule has 8 nitrogen and oxygen atoms in total. The van der Waals surface area contributed by atoms with Crippen LogP contribution in [0.25, 0.3) is 11.0 Å². The van der Waals surface area contributed by atoms with Crippen molar-refractivity contribution in [1.82, 2.24) is 9.66 Å². The van der Waals surface area contributed by atoms with Gasteiger partial charge in [0, 0.05) is 0 Å². The highest BCUT2D eigenvalue weighted by Gasteiger charge is 2.28. The van der Waals surface area contributed by atoms with Crippen LogP contribution in [0.2, 0.25) is 0 Å². The molecule has 2 aromatic carbocycles. The van der Waals surface area contributed by atoms with E-state index in [4.69, 9.17) is 9.47 Å². The molecule has 0 saturated heterocycles. The number of imidazole rings is 1. The number of carbonyl (C=O) groups excluding carboxylic acids is 3. The number of rotatable bonds is 8. The van der Waals surface area contributed by atoms with E-state index in [0.29, 0.717) is 11.0 Å². The van der Waals surface area contributed by atoms with Gasteiger partial charge in [0.1, 0.15) is 6.42 Å². The molecular formula is C22H23N3O5. The number of para-hydroxylation sites is 2. The summed E-state index contributed by atoms with van der Waals surface area (Å²) in [6.07, 6.45) is -0.463. The molecule has 0 aliphatic heterocycles. The molecule has 0 aliphatic carbocycles. The van der Waals surface area contributed by atoms with Gasteiger partial charge in [0.2, 0.25) is 5.82 Å². The lowest BCUT2D eigenvalue weighted by molar-refractivity contribution is -0.145. The number of ether oxygens (including phenoxy) is 2. The Morgan fingerprint density at radius 1 is 0.933 bits per heavy atom. The number of amides is 1. The summed E-state index contributed by atoms with van der Waals surface area (Å²) in [7, 11) is 0. The fourth-order valence-electron chi connectivity index (χ4n) is 3.04. The van der Waals surface area contributed by atoms with Crippen molar-refractivity contribution in [2.24, 2.45) is 0 Å². The van der Waals surface area contributed by atoms with Crippen molar-refractivity contribution in [2.45, 2.75) is 26.8 Å². The molecule has 3 aromatic rings. The molecule has 30 heavy (non-hydrogen) atoms. The number of hydrogen-bond donors (Lipinski definition) is 0. The zero-order valence-electron chi connectivity index (χ0n) is 16.9. The summed E-state index contributed by atoms with van der Waals surface area (Å²) in [5.41, 5.74) is 1.90. The Bertz CT molecular complexity index is 1050. The molecule has 0 N–H and O–H groups in total. The molecule has 8 heteroatoms. The maximum atomic E-state index is 13.1. The average molecular weight is 409 g/mol. The van der Waals surface area contributed by atoms with Gasteiger partial charge in [0.25, 0.3) is 5.91 Å². The van der Waals surface area contributed by atoms with Crippen LogP contribution in [0.4, 0.5) is 0 Å². The summed E-state index contributed by atoms with van der Waals surface area (Å²) >= 11 is 0. The normalized spacial score (nSPS) is 10.6. The summed E-state index contributed by atoms with van der Waals surface area (Å²) in [5.74, 6) is -1.85. The van der Waals surface area contributed by atoms with Gasteiger partial charge in [0.05, 0.1) is 30.8 Å². The molecular weight excluding hydrogens is 386 g/mol. The van der Waals surface area contributed by atoms with Crippen LogP contribution in [0.5, 0.6) is 0 Å². The Hall–Kier alpha value is -3.68. The minimum atomic E-state index is -0.657. The summed E-state index contributed by atoms with van der Waals surface area (Å²) in [4.78, 5) is 42.1. The summed E-state index contributed by atoms with van der Waals surface area (Å²) < 4.78 is 11.5. The predicted octanol–water partition coefficient (Wildman–Crippen LogP) is 2.83. The second-order valence-electron chi connectivity index (χ2n) is 6.38. The second kappa shape index (κ2) is 9.69. The van der Waals surface area contributed by atoms with E-state index in [0.717, 1.165) is 5.56 Å². The average Bonchev–Trinajstić information content (AvgIpc) is 3.12. The maximum absolute atomic E-state index is 13.1. The molecule has 0 fully saturated rings. The molecule has 0 atom stereocenters. The van der Waals surface area contributed by atoms with Gasteiger partial charge in [-0.25, -0.2) is 19.5 Å². The van der Waals surface area contributed by atoms with Crippen LogP contribution in [0.1, 0.15) is 36.5 Å². The largest absolute Gasteiger partial charge is 0.466 e. The van der Waals surface area contributed by atoms with Gasteiger partial charge >= 0.3 is 11.9 Å². The monoisotopic (exact) mass is 409 g/mol. The van der Waals surface area contributed by atoms with Gasteiger partial charge in [-0.1, -0.05) is 42.5 Å². The van der Waals surface area contributed by atoms with Crippen molar-refractivity contribution < 1.29 is 23.9 Å². The maximum Gasteiger partial charge on any atom is 0.376 e. The van der Waals surface area contributed by atoms with Crippen LogP contribution < -0.4 is 5.01 Å². The molecule has 0 aliphatic rings. The molecule has 1 amide bonds. The van der Waals surface area contributed by atoms with Crippen molar-refractivity contribution in [3.8, 4) is 0 Å². The lowest BCUT2D eigenvalue weighted by Crippen LogP contribution is -2.42. The molecule has 156 valence electrons. The minimum Gasteiger partial charge on any atom is -0.466 e. The van der Waals surface area contributed by atoms with E-state index in [1.54, 1.807) is 38.1 Å². The van der Waals surface area contributed by atoms with Gasteiger partial charge in [-0.3, -0.25) is 9.59 Å². The minimum absolute atomic E-state index is 0.0359. The molecule has 0 radical (unpaired) electrons. The second-order valence-corrected chi connectivity index (χ2v) is 6.38. The van der Waals surface area contributed by atoms with Crippen molar-refractivity contribution >= 4 is 28.9 Å². The van der Waals surface area contributed by atoms with E-state index < -0.39 is 24.3 Å². The Labute approximate surface area is 174 Å². The van der Waals surface area contributed by atoms with Crippen molar-refractivity contribution in [3.63, 3.8) is 0 Å².